The molecule has 1 N–H and O–H groups in total. The van der Waals surface area contributed by atoms with Crippen LogP contribution in [0.4, 0.5) is 0 Å². The normalized spacial score (nSPS) is 13.6. The molecule has 0 aliphatic heterocycles. The van der Waals surface area contributed by atoms with Gasteiger partial charge in [0.2, 0.25) is 0 Å². The average Bonchev–Trinajstić information content (AvgIpc) is 2.27. The summed E-state index contributed by atoms with van der Waals surface area (Å²) in [6.07, 6.45) is 0.173. The van der Waals surface area contributed by atoms with E-state index in [2.05, 4.69) is 79.5 Å². The first-order valence-electron chi connectivity index (χ1n) is 6.46. The lowest BCUT2D eigenvalue weighted by Gasteiger charge is -2.40. The molecule has 0 saturated heterocycles. The van der Waals surface area contributed by atoms with E-state index in [0.717, 1.165) is 0 Å². The Morgan fingerprint density at radius 2 is 1.84 bits per heavy atom. The van der Waals surface area contributed by atoms with E-state index in [4.69, 9.17) is 5.11 Å². The van der Waals surface area contributed by atoms with E-state index in [-0.39, 0.29) is 18.0 Å². The molecule has 0 spiro atoms. The van der Waals surface area contributed by atoms with Gasteiger partial charge in [-0.1, -0.05) is 12.1 Å². The van der Waals surface area contributed by atoms with Crippen molar-refractivity contribution in [2.45, 2.75) is 45.7 Å². The quantitative estimate of drug-likeness (QED) is 0.793. The highest BCUT2D eigenvalue weighted by molar-refractivity contribution is 14.1. The molecule has 19 heavy (non-hydrogen) atoms. The molecular weight excluding hydrogens is 353 g/mol. The number of carboxylic acid groups (broad SMARTS) is 1. The Bertz CT molecular complexity index is 423. The minimum Gasteiger partial charge on any atom is -0.481 e. The highest BCUT2D eigenvalue weighted by Gasteiger charge is 2.27. The van der Waals surface area contributed by atoms with Crippen molar-refractivity contribution in [2.75, 3.05) is 6.54 Å². The number of carbonyl (C=O) groups is 1. The zero-order valence-electron chi connectivity index (χ0n) is 12.0. The van der Waals surface area contributed by atoms with Crippen LogP contribution in [-0.4, -0.2) is 28.1 Å². The smallest absolute Gasteiger partial charge is 0.304 e. The number of aliphatic carboxylic acids is 1. The molecule has 3 nitrogen and oxygen atoms in total. The number of hydrogen-bond acceptors (Lipinski definition) is 2. The highest BCUT2D eigenvalue weighted by atomic mass is 127. The largest absolute Gasteiger partial charge is 0.481 e. The summed E-state index contributed by atoms with van der Waals surface area (Å²) < 4.78 is 1.21. The summed E-state index contributed by atoms with van der Waals surface area (Å²) in [6.45, 7) is 9.06. The van der Waals surface area contributed by atoms with Crippen LogP contribution in [0, 0.1) is 3.57 Å². The number of carboxylic acids is 1. The van der Waals surface area contributed by atoms with Crippen LogP contribution < -0.4 is 0 Å². The van der Waals surface area contributed by atoms with Crippen molar-refractivity contribution in [3.8, 4) is 0 Å². The number of rotatable bonds is 5. The fourth-order valence-corrected chi connectivity index (χ4v) is 2.61. The van der Waals surface area contributed by atoms with Crippen molar-refractivity contribution in [1.82, 2.24) is 4.90 Å². The monoisotopic (exact) mass is 375 g/mol. The molecule has 1 unspecified atom stereocenters. The van der Waals surface area contributed by atoms with Gasteiger partial charge in [-0.3, -0.25) is 9.69 Å². The first kappa shape index (κ1) is 16.4. The third kappa shape index (κ3) is 5.10. The second-order valence-corrected chi connectivity index (χ2v) is 6.98. The summed E-state index contributed by atoms with van der Waals surface area (Å²) in [4.78, 5) is 13.0. The van der Waals surface area contributed by atoms with Crippen LogP contribution in [0.3, 0.4) is 0 Å². The molecule has 0 aliphatic rings. The molecule has 0 radical (unpaired) electrons. The van der Waals surface area contributed by atoms with Gasteiger partial charge in [0.15, 0.2) is 0 Å². The number of halogens is 1. The van der Waals surface area contributed by atoms with E-state index in [0.29, 0.717) is 6.54 Å². The second-order valence-electron chi connectivity index (χ2n) is 5.74. The molecule has 4 heteroatoms. The van der Waals surface area contributed by atoms with Gasteiger partial charge in [0.05, 0.1) is 6.42 Å². The van der Waals surface area contributed by atoms with Gasteiger partial charge >= 0.3 is 5.97 Å². The Labute approximate surface area is 129 Å². The molecule has 1 atom stereocenters. The van der Waals surface area contributed by atoms with E-state index >= 15 is 0 Å². The first-order chi connectivity index (χ1) is 8.71. The Balaban J connectivity index is 2.90. The van der Waals surface area contributed by atoms with E-state index in [1.165, 1.54) is 9.13 Å². The van der Waals surface area contributed by atoms with Crippen molar-refractivity contribution in [1.29, 1.82) is 0 Å². The molecular formula is C15H22INO2. The lowest BCUT2D eigenvalue weighted by molar-refractivity contribution is -0.137. The molecule has 0 bridgehead atoms. The van der Waals surface area contributed by atoms with Crippen molar-refractivity contribution >= 4 is 28.6 Å². The van der Waals surface area contributed by atoms with Gasteiger partial charge in [-0.2, -0.15) is 0 Å². The maximum atomic E-state index is 10.8. The third-order valence-electron chi connectivity index (χ3n) is 3.25. The average molecular weight is 375 g/mol. The Hall–Kier alpha value is -0.620. The Morgan fingerprint density at radius 1 is 1.32 bits per heavy atom. The second kappa shape index (κ2) is 6.70. The first-order valence-corrected chi connectivity index (χ1v) is 7.53. The molecule has 0 saturated carbocycles. The molecule has 1 rings (SSSR count). The lowest BCUT2D eigenvalue weighted by Crippen LogP contribution is -2.44. The zero-order chi connectivity index (χ0) is 14.6. The van der Waals surface area contributed by atoms with Crippen LogP contribution >= 0.6 is 22.6 Å². The van der Waals surface area contributed by atoms with Gasteiger partial charge in [0.1, 0.15) is 0 Å². The number of benzene rings is 1. The van der Waals surface area contributed by atoms with Crippen LogP contribution in [0.5, 0.6) is 0 Å². The summed E-state index contributed by atoms with van der Waals surface area (Å²) in [5, 5.41) is 8.89. The molecule has 0 heterocycles. The SMILES string of the molecule is CC(c1ccc(I)cc1)N(CCC(=O)O)C(C)(C)C. The molecule has 0 aromatic heterocycles. The predicted molar refractivity (Wildman–Crippen MR) is 86.3 cm³/mol. The fraction of sp³-hybridized carbons (Fsp3) is 0.533. The third-order valence-corrected chi connectivity index (χ3v) is 3.97. The lowest BCUT2D eigenvalue weighted by atomic mass is 9.98. The number of hydrogen-bond donors (Lipinski definition) is 1. The van der Waals surface area contributed by atoms with Crippen LogP contribution in [-0.2, 0) is 4.79 Å². The van der Waals surface area contributed by atoms with Crippen molar-refractivity contribution < 1.29 is 9.90 Å². The van der Waals surface area contributed by atoms with Crippen LogP contribution in [0.1, 0.15) is 45.7 Å². The molecule has 106 valence electrons. The van der Waals surface area contributed by atoms with Gasteiger partial charge < -0.3 is 5.11 Å². The van der Waals surface area contributed by atoms with E-state index < -0.39 is 5.97 Å². The topological polar surface area (TPSA) is 40.5 Å². The van der Waals surface area contributed by atoms with Gasteiger partial charge in [-0.15, -0.1) is 0 Å². The molecule has 1 aromatic rings. The maximum absolute atomic E-state index is 10.8. The summed E-state index contributed by atoms with van der Waals surface area (Å²) in [7, 11) is 0. The van der Waals surface area contributed by atoms with Gasteiger partial charge in [0.25, 0.3) is 0 Å². The zero-order valence-corrected chi connectivity index (χ0v) is 14.1. The minimum absolute atomic E-state index is 0.0577. The maximum Gasteiger partial charge on any atom is 0.304 e. The van der Waals surface area contributed by atoms with Gasteiger partial charge in [0, 0.05) is 21.7 Å². The molecule has 0 fully saturated rings. The van der Waals surface area contributed by atoms with Crippen LogP contribution in [0.15, 0.2) is 24.3 Å². The summed E-state index contributed by atoms with van der Waals surface area (Å²) in [5.74, 6) is -0.746. The molecule has 0 aliphatic carbocycles. The summed E-state index contributed by atoms with van der Waals surface area (Å²) >= 11 is 2.29. The minimum atomic E-state index is -0.746. The molecule has 1 aromatic carbocycles. The van der Waals surface area contributed by atoms with E-state index in [1.54, 1.807) is 0 Å². The summed E-state index contributed by atoms with van der Waals surface area (Å²) in [6, 6.07) is 8.61. The van der Waals surface area contributed by atoms with Crippen molar-refractivity contribution in [3.63, 3.8) is 0 Å². The molecule has 0 amide bonds. The van der Waals surface area contributed by atoms with Crippen LogP contribution in [0.25, 0.3) is 0 Å². The Kier molecular flexibility index (Phi) is 5.80. The van der Waals surface area contributed by atoms with Gasteiger partial charge in [-0.05, 0) is 68.0 Å². The van der Waals surface area contributed by atoms with E-state index in [9.17, 15) is 4.79 Å². The van der Waals surface area contributed by atoms with Crippen LogP contribution in [0.2, 0.25) is 0 Å². The van der Waals surface area contributed by atoms with Crippen molar-refractivity contribution in [3.05, 3.63) is 33.4 Å². The van der Waals surface area contributed by atoms with Crippen molar-refractivity contribution in [2.24, 2.45) is 0 Å². The van der Waals surface area contributed by atoms with Gasteiger partial charge in [-0.25, -0.2) is 0 Å². The summed E-state index contributed by atoms with van der Waals surface area (Å²) in [5.41, 5.74) is 1.17. The predicted octanol–water partition coefficient (Wildman–Crippen LogP) is 3.93. The van der Waals surface area contributed by atoms with E-state index in [1.807, 2.05) is 0 Å². The highest BCUT2D eigenvalue weighted by Crippen LogP contribution is 2.28. The number of nitrogens with zero attached hydrogens (tertiary/aromatic N) is 1. The fourth-order valence-electron chi connectivity index (χ4n) is 2.25. The Morgan fingerprint density at radius 3 is 2.26 bits per heavy atom. The standard InChI is InChI=1S/C15H22INO2/c1-11(12-5-7-13(16)8-6-12)17(15(2,3)4)10-9-14(18)19/h5-8,11H,9-10H2,1-4H3,(H,18,19).